The minimum absolute atomic E-state index is 0.0733. The lowest BCUT2D eigenvalue weighted by Gasteiger charge is -2.11. The number of carbonyl (C=O) groups is 1. The van der Waals surface area contributed by atoms with Crippen molar-refractivity contribution >= 4 is 21.8 Å². The summed E-state index contributed by atoms with van der Waals surface area (Å²) in [6.45, 7) is 7.87. The highest BCUT2D eigenvalue weighted by Gasteiger charge is 2.21. The molecule has 0 aliphatic heterocycles. The zero-order valence-electron chi connectivity index (χ0n) is 18.3. The van der Waals surface area contributed by atoms with Gasteiger partial charge in [-0.25, -0.2) is 8.42 Å². The van der Waals surface area contributed by atoms with Crippen LogP contribution in [0.1, 0.15) is 38.1 Å². The van der Waals surface area contributed by atoms with Gasteiger partial charge in [0, 0.05) is 11.1 Å². The molecule has 0 unspecified atom stereocenters. The molecule has 3 rings (SSSR count). The third-order valence-corrected chi connectivity index (χ3v) is 6.63. The average Bonchev–Trinajstić information content (AvgIpc) is 3.23. The van der Waals surface area contributed by atoms with Gasteiger partial charge in [0.25, 0.3) is 5.91 Å². The number of hydrogen-bond acceptors (Lipinski definition) is 8. The van der Waals surface area contributed by atoms with E-state index in [0.717, 1.165) is 0 Å². The average molecular weight is 460 g/mol. The lowest BCUT2D eigenvalue weighted by Crippen LogP contribution is -2.16. The number of ether oxygens (including phenoxy) is 2. The van der Waals surface area contributed by atoms with E-state index < -0.39 is 21.0 Å². The fraction of sp³-hybridized carbons (Fsp3) is 0.318. The van der Waals surface area contributed by atoms with Gasteiger partial charge in [0.2, 0.25) is 5.89 Å². The standard InChI is InChI=1S/C22H25N3O6S/c1-5-29-18-11-10-16(13-19(18)30-6-2)21-24-25-22(31-21)23-20(26)15-8-7-9-17(12-15)32(27,28)14(3)4/h7-14H,5-6H2,1-4H3,(H,23,25,26). The summed E-state index contributed by atoms with van der Waals surface area (Å²) in [6, 6.07) is 10.9. The molecule has 0 radical (unpaired) electrons. The maximum atomic E-state index is 12.6. The first kappa shape index (κ1) is 23.3. The molecule has 0 aliphatic carbocycles. The highest BCUT2D eigenvalue weighted by molar-refractivity contribution is 7.92. The van der Waals surface area contributed by atoms with Gasteiger partial charge in [-0.15, -0.1) is 5.10 Å². The maximum Gasteiger partial charge on any atom is 0.322 e. The number of carbonyl (C=O) groups excluding carboxylic acids is 1. The van der Waals surface area contributed by atoms with Gasteiger partial charge in [0.1, 0.15) is 0 Å². The highest BCUT2D eigenvalue weighted by atomic mass is 32.2. The molecule has 0 bridgehead atoms. The third kappa shape index (κ3) is 5.08. The van der Waals surface area contributed by atoms with Gasteiger partial charge in [0.15, 0.2) is 21.3 Å². The van der Waals surface area contributed by atoms with E-state index in [0.29, 0.717) is 30.3 Å². The molecule has 0 fully saturated rings. The van der Waals surface area contributed by atoms with E-state index in [-0.39, 0.29) is 22.4 Å². The number of amides is 1. The molecule has 170 valence electrons. The van der Waals surface area contributed by atoms with Crippen LogP contribution in [0.5, 0.6) is 11.5 Å². The monoisotopic (exact) mass is 459 g/mol. The highest BCUT2D eigenvalue weighted by Crippen LogP contribution is 2.33. The molecule has 0 saturated heterocycles. The quantitative estimate of drug-likeness (QED) is 0.510. The molecule has 0 saturated carbocycles. The third-order valence-electron chi connectivity index (χ3n) is 4.48. The van der Waals surface area contributed by atoms with Crippen LogP contribution in [0.4, 0.5) is 6.01 Å². The number of rotatable bonds is 9. The Morgan fingerprint density at radius 3 is 2.44 bits per heavy atom. The van der Waals surface area contributed by atoms with Gasteiger partial charge in [0.05, 0.1) is 23.4 Å². The number of benzene rings is 2. The van der Waals surface area contributed by atoms with E-state index in [1.807, 2.05) is 13.8 Å². The van der Waals surface area contributed by atoms with Crippen molar-refractivity contribution in [3.8, 4) is 23.0 Å². The molecular weight excluding hydrogens is 434 g/mol. The number of nitrogens with zero attached hydrogens (tertiary/aromatic N) is 2. The van der Waals surface area contributed by atoms with Crippen LogP contribution in [0.25, 0.3) is 11.5 Å². The van der Waals surface area contributed by atoms with E-state index in [4.69, 9.17) is 13.9 Å². The Kier molecular flexibility index (Phi) is 7.14. The second kappa shape index (κ2) is 9.82. The van der Waals surface area contributed by atoms with Crippen molar-refractivity contribution in [3.05, 3.63) is 48.0 Å². The summed E-state index contributed by atoms with van der Waals surface area (Å²) in [5, 5.41) is 9.72. The lowest BCUT2D eigenvalue weighted by molar-refractivity contribution is 0.102. The predicted octanol–water partition coefficient (Wildman–Crippen LogP) is 3.97. The number of anilines is 1. The second-order valence-corrected chi connectivity index (χ2v) is 9.52. The smallest absolute Gasteiger partial charge is 0.322 e. The molecule has 9 nitrogen and oxygen atoms in total. The van der Waals surface area contributed by atoms with Crippen LogP contribution in [0.3, 0.4) is 0 Å². The van der Waals surface area contributed by atoms with E-state index in [1.165, 1.54) is 24.3 Å². The van der Waals surface area contributed by atoms with Crippen molar-refractivity contribution in [2.24, 2.45) is 0 Å². The van der Waals surface area contributed by atoms with Crippen molar-refractivity contribution in [1.82, 2.24) is 10.2 Å². The van der Waals surface area contributed by atoms with Crippen LogP contribution in [0, 0.1) is 0 Å². The Morgan fingerprint density at radius 2 is 1.75 bits per heavy atom. The van der Waals surface area contributed by atoms with E-state index in [1.54, 1.807) is 32.0 Å². The van der Waals surface area contributed by atoms with Crippen LogP contribution in [-0.4, -0.2) is 43.0 Å². The molecule has 1 N–H and O–H groups in total. The van der Waals surface area contributed by atoms with E-state index in [2.05, 4.69) is 15.5 Å². The summed E-state index contributed by atoms with van der Waals surface area (Å²) < 4.78 is 41.5. The summed E-state index contributed by atoms with van der Waals surface area (Å²) in [6.07, 6.45) is 0. The summed E-state index contributed by atoms with van der Waals surface area (Å²) in [5.74, 6) is 0.754. The zero-order chi connectivity index (χ0) is 23.3. The molecule has 1 aromatic heterocycles. The molecular formula is C22H25N3O6S. The normalized spacial score (nSPS) is 11.4. The number of hydrogen-bond donors (Lipinski definition) is 1. The molecule has 0 spiro atoms. The SMILES string of the molecule is CCOc1ccc(-c2nnc(NC(=O)c3cccc(S(=O)(=O)C(C)C)c3)o2)cc1OCC. The summed E-state index contributed by atoms with van der Waals surface area (Å²) in [4.78, 5) is 12.7. The van der Waals surface area contributed by atoms with Gasteiger partial charge in [-0.2, -0.15) is 0 Å². The topological polar surface area (TPSA) is 121 Å². The van der Waals surface area contributed by atoms with Gasteiger partial charge < -0.3 is 13.9 Å². The summed E-state index contributed by atoms with van der Waals surface area (Å²) in [7, 11) is -3.51. The van der Waals surface area contributed by atoms with Gasteiger partial charge in [-0.05, 0) is 64.1 Å². The van der Waals surface area contributed by atoms with Crippen molar-refractivity contribution < 1.29 is 27.1 Å². The largest absolute Gasteiger partial charge is 0.490 e. The number of sulfone groups is 1. The second-order valence-electron chi connectivity index (χ2n) is 7.02. The first-order valence-corrected chi connectivity index (χ1v) is 11.7. The van der Waals surface area contributed by atoms with Crippen LogP contribution in [-0.2, 0) is 9.84 Å². The van der Waals surface area contributed by atoms with Crippen molar-refractivity contribution in [3.63, 3.8) is 0 Å². The first-order chi connectivity index (χ1) is 15.3. The predicted molar refractivity (Wildman–Crippen MR) is 119 cm³/mol. The van der Waals surface area contributed by atoms with Gasteiger partial charge in [-0.3, -0.25) is 10.1 Å². The molecule has 0 atom stereocenters. The summed E-state index contributed by atoms with van der Waals surface area (Å²) in [5.41, 5.74) is 0.751. The molecule has 2 aromatic carbocycles. The fourth-order valence-corrected chi connectivity index (χ4v) is 3.93. The van der Waals surface area contributed by atoms with Crippen LogP contribution < -0.4 is 14.8 Å². The van der Waals surface area contributed by atoms with Crippen LogP contribution in [0.15, 0.2) is 51.8 Å². The van der Waals surface area contributed by atoms with Crippen molar-refractivity contribution in [2.45, 2.75) is 37.8 Å². The van der Waals surface area contributed by atoms with Gasteiger partial charge in [-0.1, -0.05) is 11.2 Å². The summed E-state index contributed by atoms with van der Waals surface area (Å²) >= 11 is 0. The molecule has 0 aliphatic rings. The Balaban J connectivity index is 1.80. The lowest BCUT2D eigenvalue weighted by atomic mass is 10.2. The minimum atomic E-state index is -3.51. The number of nitrogens with one attached hydrogen (secondary N) is 1. The van der Waals surface area contributed by atoms with Crippen molar-refractivity contribution in [1.29, 1.82) is 0 Å². The Hall–Kier alpha value is -3.40. The molecule has 3 aromatic rings. The Morgan fingerprint density at radius 1 is 1.03 bits per heavy atom. The molecule has 32 heavy (non-hydrogen) atoms. The van der Waals surface area contributed by atoms with Crippen LogP contribution in [0.2, 0.25) is 0 Å². The maximum absolute atomic E-state index is 12.6. The van der Waals surface area contributed by atoms with E-state index in [9.17, 15) is 13.2 Å². The van der Waals surface area contributed by atoms with E-state index >= 15 is 0 Å². The Bertz CT molecular complexity index is 1200. The molecule has 1 heterocycles. The van der Waals surface area contributed by atoms with Crippen LogP contribution >= 0.6 is 0 Å². The minimum Gasteiger partial charge on any atom is -0.490 e. The van der Waals surface area contributed by atoms with Gasteiger partial charge >= 0.3 is 6.01 Å². The zero-order valence-corrected chi connectivity index (χ0v) is 19.1. The molecule has 1 amide bonds. The molecule has 10 heteroatoms. The Labute approximate surface area is 186 Å². The fourth-order valence-electron chi connectivity index (χ4n) is 2.83. The first-order valence-electron chi connectivity index (χ1n) is 10.1. The number of aromatic nitrogens is 2. The van der Waals surface area contributed by atoms with Crippen molar-refractivity contribution in [2.75, 3.05) is 18.5 Å².